The van der Waals surface area contributed by atoms with Crippen molar-refractivity contribution in [2.24, 2.45) is 23.7 Å². The predicted octanol–water partition coefficient (Wildman–Crippen LogP) is 21.3. The van der Waals surface area contributed by atoms with E-state index in [2.05, 4.69) is 55.4 Å². The summed E-state index contributed by atoms with van der Waals surface area (Å²) < 4.78 is 68.4. The van der Waals surface area contributed by atoms with Crippen LogP contribution in [-0.4, -0.2) is 96.7 Å². The zero-order chi connectivity index (χ0) is 68.9. The van der Waals surface area contributed by atoms with Gasteiger partial charge in [0.2, 0.25) is 0 Å². The van der Waals surface area contributed by atoms with Crippen molar-refractivity contribution in [3.8, 4) is 0 Å². The summed E-state index contributed by atoms with van der Waals surface area (Å²) in [5, 5.41) is 10.6. The van der Waals surface area contributed by atoms with Crippen molar-refractivity contribution in [1.82, 2.24) is 0 Å². The number of hydrogen-bond donors (Lipinski definition) is 3. The molecule has 0 rings (SSSR count). The molecular formula is C74H144O17P2. The van der Waals surface area contributed by atoms with E-state index in [9.17, 15) is 43.2 Å². The maximum absolute atomic E-state index is 13.1. The van der Waals surface area contributed by atoms with E-state index in [1.54, 1.807) is 0 Å². The number of aliphatic hydroxyl groups is 1. The second-order valence-corrected chi connectivity index (χ2v) is 31.3. The Labute approximate surface area is 568 Å². The Balaban J connectivity index is 5.25. The lowest BCUT2D eigenvalue weighted by Crippen LogP contribution is -2.30. The summed E-state index contributed by atoms with van der Waals surface area (Å²) in [6.07, 6.45) is 47.2. The number of rotatable bonds is 71. The molecule has 0 aromatic heterocycles. The van der Waals surface area contributed by atoms with Crippen molar-refractivity contribution in [1.29, 1.82) is 0 Å². The van der Waals surface area contributed by atoms with E-state index in [4.69, 9.17) is 37.0 Å². The summed E-state index contributed by atoms with van der Waals surface area (Å²) in [7, 11) is -9.91. The Morgan fingerprint density at radius 1 is 0.301 bits per heavy atom. The fourth-order valence-corrected chi connectivity index (χ4v) is 12.7. The number of ether oxygens (including phenoxy) is 4. The molecule has 0 fully saturated rings. The summed E-state index contributed by atoms with van der Waals surface area (Å²) in [6.45, 7) is 14.2. The first-order valence-electron chi connectivity index (χ1n) is 38.2. The summed E-state index contributed by atoms with van der Waals surface area (Å²) in [5.41, 5.74) is 0. The predicted molar refractivity (Wildman–Crippen MR) is 377 cm³/mol. The average molecular weight is 1370 g/mol. The Bertz CT molecular complexity index is 1840. The van der Waals surface area contributed by atoms with Gasteiger partial charge in [0.05, 0.1) is 26.4 Å². The van der Waals surface area contributed by atoms with E-state index in [0.29, 0.717) is 25.7 Å². The lowest BCUT2D eigenvalue weighted by molar-refractivity contribution is -0.161. The summed E-state index contributed by atoms with van der Waals surface area (Å²) in [6, 6.07) is 0. The molecule has 0 heterocycles. The van der Waals surface area contributed by atoms with Crippen LogP contribution in [0.3, 0.4) is 0 Å². The monoisotopic (exact) mass is 1370 g/mol. The van der Waals surface area contributed by atoms with E-state index >= 15 is 0 Å². The normalized spacial score (nSPS) is 14.5. The molecule has 0 saturated heterocycles. The molecule has 0 aromatic rings. The van der Waals surface area contributed by atoms with E-state index in [0.717, 1.165) is 114 Å². The van der Waals surface area contributed by atoms with Gasteiger partial charge in [0.1, 0.15) is 19.3 Å². The lowest BCUT2D eigenvalue weighted by atomic mass is 9.99. The highest BCUT2D eigenvalue weighted by molar-refractivity contribution is 7.47. The average Bonchev–Trinajstić information content (AvgIpc) is 1.96. The zero-order valence-corrected chi connectivity index (χ0v) is 62.7. The van der Waals surface area contributed by atoms with Crippen molar-refractivity contribution in [3.63, 3.8) is 0 Å². The SMILES string of the molecule is CCC(C)CCCCCCCCCCC(=O)O[C@H](COC(=O)CCCCCCCCCCC(C)C)COP(=O)(O)OCC(O)COP(=O)(O)OC[C@@H](COC(=O)CCCCCCCCCCCC(C)C)OC(=O)CCCCCCCCCCCCCCCCCC(C)C. The highest BCUT2D eigenvalue weighted by atomic mass is 31.2. The molecule has 0 aliphatic rings. The molecule has 0 aliphatic heterocycles. The molecule has 0 spiro atoms. The molecular weight excluding hydrogens is 1220 g/mol. The maximum Gasteiger partial charge on any atom is 0.472 e. The number of hydrogen-bond acceptors (Lipinski definition) is 15. The van der Waals surface area contributed by atoms with Gasteiger partial charge in [-0.1, -0.05) is 319 Å². The van der Waals surface area contributed by atoms with Crippen LogP contribution < -0.4 is 0 Å². The minimum atomic E-state index is -4.96. The van der Waals surface area contributed by atoms with Crippen LogP contribution in [0.15, 0.2) is 0 Å². The van der Waals surface area contributed by atoms with E-state index in [1.807, 2.05) is 0 Å². The largest absolute Gasteiger partial charge is 0.472 e. The zero-order valence-electron chi connectivity index (χ0n) is 60.9. The number of carbonyl (C=O) groups is 4. The molecule has 0 bridgehead atoms. The molecule has 552 valence electrons. The first kappa shape index (κ1) is 91.1. The topological polar surface area (TPSA) is 237 Å². The Morgan fingerprint density at radius 3 is 0.763 bits per heavy atom. The van der Waals surface area contributed by atoms with Gasteiger partial charge in [0.25, 0.3) is 0 Å². The Hall–Kier alpha value is -1.94. The molecule has 0 radical (unpaired) electrons. The first-order valence-corrected chi connectivity index (χ1v) is 41.2. The van der Waals surface area contributed by atoms with Gasteiger partial charge >= 0.3 is 39.5 Å². The Kier molecular flexibility index (Phi) is 62.2. The number of aliphatic hydroxyl groups excluding tert-OH is 1. The molecule has 0 aliphatic carbocycles. The van der Waals surface area contributed by atoms with E-state index < -0.39 is 97.5 Å². The molecule has 4 unspecified atom stereocenters. The molecule has 17 nitrogen and oxygen atoms in total. The van der Waals surface area contributed by atoms with Crippen LogP contribution in [0.1, 0.15) is 370 Å². The third kappa shape index (κ3) is 67.0. The van der Waals surface area contributed by atoms with Gasteiger partial charge in [-0.3, -0.25) is 37.3 Å². The summed E-state index contributed by atoms with van der Waals surface area (Å²) in [5.74, 6) is 0.917. The van der Waals surface area contributed by atoms with Crippen molar-refractivity contribution in [3.05, 3.63) is 0 Å². The third-order valence-corrected chi connectivity index (χ3v) is 19.3. The van der Waals surface area contributed by atoms with Crippen molar-refractivity contribution in [2.75, 3.05) is 39.6 Å². The fraction of sp³-hybridized carbons (Fsp3) is 0.946. The molecule has 0 amide bonds. The standard InChI is InChI=1S/C74H144O17P2/c1-9-67(8)53-45-37-29-23-25-33-41-49-57-74(79)91-70(61-85-72(77)55-47-39-31-24-22-28-36-44-52-66(6)7)63-89-93(82,83)87-59-68(75)58-86-92(80,81)88-62-69(60-84-71(76)54-46-38-30-21-17-19-27-35-43-51-65(4)5)90-73(78)56-48-40-32-20-16-14-12-10-11-13-15-18-26-34-42-50-64(2)3/h64-70,75H,9-63H2,1-8H3,(H,80,81)(H,82,83)/t67?,68?,69-,70-/m1/s1. The Morgan fingerprint density at radius 2 is 0.516 bits per heavy atom. The van der Waals surface area contributed by atoms with Gasteiger partial charge < -0.3 is 33.8 Å². The maximum atomic E-state index is 13.1. The van der Waals surface area contributed by atoms with Gasteiger partial charge in [0.15, 0.2) is 12.2 Å². The van der Waals surface area contributed by atoms with Crippen LogP contribution in [0.2, 0.25) is 0 Å². The summed E-state index contributed by atoms with van der Waals surface area (Å²) >= 11 is 0. The lowest BCUT2D eigenvalue weighted by Gasteiger charge is -2.21. The van der Waals surface area contributed by atoms with Crippen LogP contribution in [0.5, 0.6) is 0 Å². The van der Waals surface area contributed by atoms with Gasteiger partial charge in [0, 0.05) is 25.7 Å². The third-order valence-electron chi connectivity index (χ3n) is 17.4. The van der Waals surface area contributed by atoms with Crippen LogP contribution in [0.25, 0.3) is 0 Å². The smallest absolute Gasteiger partial charge is 0.462 e. The fourth-order valence-electron chi connectivity index (χ4n) is 11.2. The van der Waals surface area contributed by atoms with E-state index in [-0.39, 0.29) is 25.7 Å². The number of unbranched alkanes of at least 4 members (excludes halogenated alkanes) is 36. The van der Waals surface area contributed by atoms with Gasteiger partial charge in [-0.15, -0.1) is 0 Å². The van der Waals surface area contributed by atoms with Crippen LogP contribution in [0, 0.1) is 23.7 Å². The van der Waals surface area contributed by atoms with Crippen LogP contribution in [-0.2, 0) is 65.4 Å². The second-order valence-electron chi connectivity index (χ2n) is 28.4. The quantitative estimate of drug-likeness (QED) is 0.0222. The van der Waals surface area contributed by atoms with Gasteiger partial charge in [-0.2, -0.15) is 0 Å². The van der Waals surface area contributed by atoms with Gasteiger partial charge in [-0.05, 0) is 49.4 Å². The van der Waals surface area contributed by atoms with Crippen LogP contribution >= 0.6 is 15.6 Å². The molecule has 19 heteroatoms. The minimum Gasteiger partial charge on any atom is -0.462 e. The van der Waals surface area contributed by atoms with Crippen molar-refractivity contribution >= 4 is 39.5 Å². The van der Waals surface area contributed by atoms with E-state index in [1.165, 1.54) is 173 Å². The highest BCUT2D eigenvalue weighted by Crippen LogP contribution is 2.45. The number of phosphoric acid groups is 2. The molecule has 0 saturated carbocycles. The molecule has 3 N–H and O–H groups in total. The number of esters is 4. The first-order chi connectivity index (χ1) is 44.6. The number of phosphoric ester groups is 2. The highest BCUT2D eigenvalue weighted by Gasteiger charge is 2.30. The second kappa shape index (κ2) is 63.5. The molecule has 93 heavy (non-hydrogen) atoms. The van der Waals surface area contributed by atoms with Gasteiger partial charge in [-0.25, -0.2) is 9.13 Å². The number of carbonyl (C=O) groups excluding carboxylic acids is 4. The molecule has 0 aromatic carbocycles. The summed E-state index contributed by atoms with van der Waals surface area (Å²) in [4.78, 5) is 72.7. The van der Waals surface area contributed by atoms with Crippen molar-refractivity contribution in [2.45, 2.75) is 388 Å². The van der Waals surface area contributed by atoms with Crippen LogP contribution in [0.4, 0.5) is 0 Å². The molecule has 6 atom stereocenters. The minimum absolute atomic E-state index is 0.104. The van der Waals surface area contributed by atoms with Crippen molar-refractivity contribution < 1.29 is 80.2 Å².